The van der Waals surface area contributed by atoms with Crippen molar-refractivity contribution in [3.05, 3.63) is 41.2 Å². The third kappa shape index (κ3) is 5.90. The molecule has 1 aliphatic rings. The molecule has 1 aliphatic heterocycles. The van der Waals surface area contributed by atoms with E-state index in [1.807, 2.05) is 0 Å². The number of carbonyl (C=O) groups is 1. The first-order valence-corrected chi connectivity index (χ1v) is 8.48. The molecule has 25 heavy (non-hydrogen) atoms. The lowest BCUT2D eigenvalue weighted by molar-refractivity contribution is 0.0951. The van der Waals surface area contributed by atoms with E-state index >= 15 is 0 Å². The minimum atomic E-state index is -0.326. The van der Waals surface area contributed by atoms with Crippen molar-refractivity contribution in [2.45, 2.75) is 0 Å². The molecule has 5 nitrogen and oxygen atoms in total. The summed E-state index contributed by atoms with van der Waals surface area (Å²) in [5, 5.41) is 6.72. The van der Waals surface area contributed by atoms with Crippen LogP contribution in [0.3, 0.4) is 0 Å². The molecule has 0 atom stereocenters. The first-order valence-electron chi connectivity index (χ1n) is 7.66. The summed E-state index contributed by atoms with van der Waals surface area (Å²) in [6, 6.07) is 6.45. The highest BCUT2D eigenvalue weighted by molar-refractivity contribution is 7.16. The maximum Gasteiger partial charge on any atom is 0.263 e. The Bertz CT molecular complexity index is 680. The molecule has 1 saturated heterocycles. The van der Waals surface area contributed by atoms with Crippen molar-refractivity contribution < 1.29 is 9.18 Å². The Morgan fingerprint density at radius 2 is 2.00 bits per heavy atom. The van der Waals surface area contributed by atoms with E-state index in [4.69, 9.17) is 0 Å². The molecule has 2 aromatic rings. The molecule has 2 heterocycles. The molecule has 3 rings (SSSR count). The van der Waals surface area contributed by atoms with Gasteiger partial charge < -0.3 is 10.6 Å². The molecule has 138 valence electrons. The molecule has 0 unspecified atom stereocenters. The molecule has 0 bridgehead atoms. The van der Waals surface area contributed by atoms with Crippen LogP contribution < -0.4 is 10.6 Å². The number of hydrogen-bond acceptors (Lipinski definition) is 5. The fraction of sp³-hybridized carbons (Fsp3) is 0.375. The highest BCUT2D eigenvalue weighted by Gasteiger charge is 2.14. The highest BCUT2D eigenvalue weighted by Crippen LogP contribution is 2.27. The summed E-state index contributed by atoms with van der Waals surface area (Å²) < 4.78 is 13.7. The summed E-state index contributed by atoms with van der Waals surface area (Å²) in [7, 11) is 0. The van der Waals surface area contributed by atoms with Gasteiger partial charge in [-0.1, -0.05) is 12.1 Å². The molecule has 1 amide bonds. The Kier molecular flexibility index (Phi) is 9.31. The molecule has 0 aliphatic carbocycles. The molecule has 0 radical (unpaired) electrons. The van der Waals surface area contributed by atoms with Gasteiger partial charge in [0.2, 0.25) is 0 Å². The zero-order chi connectivity index (χ0) is 16.1. The second-order valence-corrected chi connectivity index (χ2v) is 6.39. The van der Waals surface area contributed by atoms with E-state index in [9.17, 15) is 9.18 Å². The van der Waals surface area contributed by atoms with E-state index in [0.29, 0.717) is 22.0 Å². The third-order valence-electron chi connectivity index (χ3n) is 3.76. The Labute approximate surface area is 162 Å². The molecule has 1 aromatic carbocycles. The van der Waals surface area contributed by atoms with Crippen LogP contribution in [-0.4, -0.2) is 55.1 Å². The number of hydrogen-bond donors (Lipinski definition) is 2. The number of piperazine rings is 1. The number of rotatable bonds is 5. The van der Waals surface area contributed by atoms with Gasteiger partial charge in [0.25, 0.3) is 5.91 Å². The van der Waals surface area contributed by atoms with Crippen molar-refractivity contribution in [2.24, 2.45) is 0 Å². The topological polar surface area (TPSA) is 57.3 Å². The van der Waals surface area contributed by atoms with Gasteiger partial charge in [0.05, 0.1) is 6.20 Å². The van der Waals surface area contributed by atoms with Crippen LogP contribution in [0.15, 0.2) is 30.5 Å². The average Bonchev–Trinajstić information content (AvgIpc) is 3.06. The maximum atomic E-state index is 13.7. The van der Waals surface area contributed by atoms with Crippen LogP contribution in [0.25, 0.3) is 10.6 Å². The summed E-state index contributed by atoms with van der Waals surface area (Å²) >= 11 is 1.21. The van der Waals surface area contributed by atoms with Gasteiger partial charge in [0, 0.05) is 44.8 Å². The van der Waals surface area contributed by atoms with E-state index in [1.165, 1.54) is 23.6 Å². The fourth-order valence-corrected chi connectivity index (χ4v) is 3.35. The largest absolute Gasteiger partial charge is 0.350 e. The number of halogens is 3. The number of nitrogens with zero attached hydrogens (tertiary/aromatic N) is 2. The van der Waals surface area contributed by atoms with Crippen LogP contribution in [0.1, 0.15) is 9.67 Å². The lowest BCUT2D eigenvalue weighted by atomic mass is 10.2. The predicted octanol–water partition coefficient (Wildman–Crippen LogP) is 2.43. The van der Waals surface area contributed by atoms with Crippen LogP contribution in [0.2, 0.25) is 0 Å². The Morgan fingerprint density at radius 1 is 1.28 bits per heavy atom. The van der Waals surface area contributed by atoms with Crippen LogP contribution >= 0.6 is 36.2 Å². The van der Waals surface area contributed by atoms with Gasteiger partial charge in [-0.05, 0) is 12.1 Å². The first-order chi connectivity index (χ1) is 11.2. The summed E-state index contributed by atoms with van der Waals surface area (Å²) in [5.74, 6) is -0.479. The Morgan fingerprint density at radius 3 is 2.72 bits per heavy atom. The van der Waals surface area contributed by atoms with Gasteiger partial charge in [0.15, 0.2) is 0 Å². The summed E-state index contributed by atoms with van der Waals surface area (Å²) in [4.78, 5) is 19.1. The number of carbonyl (C=O) groups excluding carboxylic acids is 1. The second kappa shape index (κ2) is 10.7. The van der Waals surface area contributed by atoms with Crippen molar-refractivity contribution in [2.75, 3.05) is 39.3 Å². The lowest BCUT2D eigenvalue weighted by Crippen LogP contribution is -2.46. The average molecular weight is 407 g/mol. The third-order valence-corrected chi connectivity index (χ3v) is 4.79. The standard InChI is InChI=1S/C16H19FN4OS.2ClH/c17-13-4-2-1-3-12(13)16-20-11-14(23-16)15(22)19-7-10-21-8-5-18-6-9-21;;/h1-4,11,18H,5-10H2,(H,19,22);2*1H. The smallest absolute Gasteiger partial charge is 0.263 e. The van der Waals surface area contributed by atoms with Crippen LogP contribution in [-0.2, 0) is 0 Å². The number of thiazole rings is 1. The van der Waals surface area contributed by atoms with Gasteiger partial charge in [0.1, 0.15) is 15.7 Å². The molecular formula is C16H21Cl2FN4OS. The molecule has 9 heteroatoms. The number of amides is 1. The van der Waals surface area contributed by atoms with E-state index in [1.54, 1.807) is 18.2 Å². The summed E-state index contributed by atoms with van der Waals surface area (Å²) in [6.07, 6.45) is 1.51. The minimum Gasteiger partial charge on any atom is -0.350 e. The van der Waals surface area contributed by atoms with Gasteiger partial charge in [-0.3, -0.25) is 9.69 Å². The monoisotopic (exact) mass is 406 g/mol. The fourth-order valence-electron chi connectivity index (χ4n) is 2.49. The molecule has 0 saturated carbocycles. The Hall–Kier alpha value is -1.25. The molecule has 2 N–H and O–H groups in total. The number of benzene rings is 1. The van der Waals surface area contributed by atoms with E-state index in [-0.39, 0.29) is 36.5 Å². The molecule has 1 aromatic heterocycles. The lowest BCUT2D eigenvalue weighted by Gasteiger charge is -2.26. The first kappa shape index (κ1) is 21.8. The van der Waals surface area contributed by atoms with Crippen molar-refractivity contribution in [3.8, 4) is 10.6 Å². The van der Waals surface area contributed by atoms with Crippen LogP contribution in [0.5, 0.6) is 0 Å². The highest BCUT2D eigenvalue weighted by atomic mass is 35.5. The van der Waals surface area contributed by atoms with Gasteiger partial charge in [-0.2, -0.15) is 0 Å². The minimum absolute atomic E-state index is 0. The van der Waals surface area contributed by atoms with E-state index in [2.05, 4.69) is 20.5 Å². The van der Waals surface area contributed by atoms with Gasteiger partial charge in [-0.15, -0.1) is 36.2 Å². The van der Waals surface area contributed by atoms with Crippen LogP contribution in [0.4, 0.5) is 4.39 Å². The SMILES string of the molecule is Cl.Cl.O=C(NCCN1CCNCC1)c1cnc(-c2ccccc2F)s1. The molecular weight excluding hydrogens is 386 g/mol. The maximum absolute atomic E-state index is 13.7. The van der Waals surface area contributed by atoms with E-state index in [0.717, 1.165) is 32.7 Å². The molecule has 0 spiro atoms. The van der Waals surface area contributed by atoms with Crippen molar-refractivity contribution >= 4 is 42.1 Å². The van der Waals surface area contributed by atoms with Gasteiger partial charge in [-0.25, -0.2) is 9.37 Å². The van der Waals surface area contributed by atoms with Crippen molar-refractivity contribution in [3.63, 3.8) is 0 Å². The van der Waals surface area contributed by atoms with Crippen molar-refractivity contribution in [1.29, 1.82) is 0 Å². The normalized spacial score (nSPS) is 14.3. The zero-order valence-corrected chi connectivity index (χ0v) is 16.0. The summed E-state index contributed by atoms with van der Waals surface area (Å²) in [6.45, 7) is 5.45. The van der Waals surface area contributed by atoms with Gasteiger partial charge >= 0.3 is 0 Å². The Balaban J connectivity index is 0.00000156. The summed E-state index contributed by atoms with van der Waals surface area (Å²) in [5.41, 5.74) is 0.428. The number of nitrogens with one attached hydrogen (secondary N) is 2. The second-order valence-electron chi connectivity index (χ2n) is 5.36. The zero-order valence-electron chi connectivity index (χ0n) is 13.5. The predicted molar refractivity (Wildman–Crippen MR) is 104 cm³/mol. The van der Waals surface area contributed by atoms with Crippen LogP contribution in [0, 0.1) is 5.82 Å². The molecule has 1 fully saturated rings. The van der Waals surface area contributed by atoms with E-state index < -0.39 is 0 Å². The number of aromatic nitrogens is 1. The van der Waals surface area contributed by atoms with Crippen molar-refractivity contribution in [1.82, 2.24) is 20.5 Å². The quantitative estimate of drug-likeness (QED) is 0.800.